The summed E-state index contributed by atoms with van der Waals surface area (Å²) in [5.41, 5.74) is 1.91. The molecular weight excluding hydrogens is 280 g/mol. The quantitative estimate of drug-likeness (QED) is 0.924. The summed E-state index contributed by atoms with van der Waals surface area (Å²) in [5.74, 6) is 1.59. The number of furan rings is 1. The summed E-state index contributed by atoms with van der Waals surface area (Å²) in [6, 6.07) is 11.8. The van der Waals surface area contributed by atoms with Gasteiger partial charge < -0.3 is 9.52 Å². The van der Waals surface area contributed by atoms with Gasteiger partial charge in [0, 0.05) is 10.0 Å². The van der Waals surface area contributed by atoms with E-state index in [2.05, 4.69) is 15.9 Å². The van der Waals surface area contributed by atoms with Crippen molar-refractivity contribution in [3.05, 3.63) is 52.2 Å². The Bertz CT molecular complexity index is 523. The van der Waals surface area contributed by atoms with E-state index in [1.54, 1.807) is 0 Å². The van der Waals surface area contributed by atoms with Crippen molar-refractivity contribution in [2.45, 2.75) is 6.92 Å². The molecule has 1 aromatic heterocycles. The molecule has 88 valence electrons. The second-order valence-electron chi connectivity index (χ2n) is 3.86. The maximum atomic E-state index is 8.94. The zero-order valence-corrected chi connectivity index (χ0v) is 11.1. The molecule has 0 aliphatic heterocycles. The van der Waals surface area contributed by atoms with Crippen LogP contribution in [0.3, 0.4) is 0 Å². The highest BCUT2D eigenvalue weighted by atomic mass is 79.9. The Morgan fingerprint density at radius 1 is 1.24 bits per heavy atom. The van der Waals surface area contributed by atoms with Crippen LogP contribution in [0.5, 0.6) is 0 Å². The molecule has 0 atom stereocenters. The largest absolute Gasteiger partial charge is 0.457 e. The number of aliphatic hydroxyl groups excluding tert-OH is 1. The van der Waals surface area contributed by atoms with E-state index in [4.69, 9.17) is 9.52 Å². The van der Waals surface area contributed by atoms with Crippen LogP contribution in [0.15, 0.2) is 50.9 Å². The van der Waals surface area contributed by atoms with Gasteiger partial charge in [0.25, 0.3) is 0 Å². The van der Waals surface area contributed by atoms with Crippen molar-refractivity contribution in [1.29, 1.82) is 0 Å². The van der Waals surface area contributed by atoms with Gasteiger partial charge in [-0.05, 0) is 42.8 Å². The smallest absolute Gasteiger partial charge is 0.134 e. The topological polar surface area (TPSA) is 33.4 Å². The molecule has 0 aliphatic carbocycles. The van der Waals surface area contributed by atoms with Crippen LogP contribution in [-0.2, 0) is 0 Å². The van der Waals surface area contributed by atoms with E-state index >= 15 is 0 Å². The number of halogens is 1. The fourth-order valence-corrected chi connectivity index (χ4v) is 1.75. The molecule has 1 aromatic carbocycles. The predicted octanol–water partition coefficient (Wildman–Crippen LogP) is 4.10. The number of aliphatic hydroxyl groups is 1. The number of benzene rings is 1. The summed E-state index contributed by atoms with van der Waals surface area (Å²) >= 11 is 3.40. The van der Waals surface area contributed by atoms with Crippen LogP contribution in [0, 0.1) is 0 Å². The minimum atomic E-state index is 0.0499. The van der Waals surface area contributed by atoms with Crippen molar-refractivity contribution in [2.75, 3.05) is 6.61 Å². The summed E-state index contributed by atoms with van der Waals surface area (Å²) in [6.45, 7) is 1.91. The first-order valence-electron chi connectivity index (χ1n) is 5.33. The Hall–Kier alpha value is -1.32. The Morgan fingerprint density at radius 2 is 1.94 bits per heavy atom. The van der Waals surface area contributed by atoms with Crippen molar-refractivity contribution in [3.8, 4) is 11.3 Å². The third-order valence-corrected chi connectivity index (χ3v) is 2.92. The summed E-state index contributed by atoms with van der Waals surface area (Å²) in [5, 5.41) is 8.94. The van der Waals surface area contributed by atoms with E-state index in [9.17, 15) is 0 Å². The van der Waals surface area contributed by atoms with Crippen LogP contribution in [0.2, 0.25) is 0 Å². The molecule has 1 heterocycles. The first-order valence-corrected chi connectivity index (χ1v) is 6.12. The Morgan fingerprint density at radius 3 is 2.59 bits per heavy atom. The minimum Gasteiger partial charge on any atom is -0.457 e. The molecule has 2 rings (SSSR count). The van der Waals surface area contributed by atoms with Crippen molar-refractivity contribution >= 4 is 22.0 Å². The van der Waals surface area contributed by atoms with Gasteiger partial charge in [-0.3, -0.25) is 0 Å². The first kappa shape index (κ1) is 12.1. The Balaban J connectivity index is 2.27. The maximum Gasteiger partial charge on any atom is 0.134 e. The molecule has 0 radical (unpaired) electrons. The summed E-state index contributed by atoms with van der Waals surface area (Å²) in [7, 11) is 0. The molecule has 0 saturated carbocycles. The monoisotopic (exact) mass is 292 g/mol. The van der Waals surface area contributed by atoms with E-state index < -0.39 is 0 Å². The lowest BCUT2D eigenvalue weighted by Gasteiger charge is -1.97. The van der Waals surface area contributed by atoms with Crippen molar-refractivity contribution in [3.63, 3.8) is 0 Å². The number of hydrogen-bond donors (Lipinski definition) is 1. The van der Waals surface area contributed by atoms with Crippen molar-refractivity contribution in [1.82, 2.24) is 0 Å². The average molecular weight is 293 g/mol. The van der Waals surface area contributed by atoms with Gasteiger partial charge in [0.2, 0.25) is 0 Å². The number of hydrogen-bond acceptors (Lipinski definition) is 2. The summed E-state index contributed by atoms with van der Waals surface area (Å²) in [6.07, 6.45) is 1.84. The van der Waals surface area contributed by atoms with E-state index in [0.29, 0.717) is 0 Å². The van der Waals surface area contributed by atoms with Crippen LogP contribution in [0.1, 0.15) is 12.7 Å². The fourth-order valence-electron chi connectivity index (χ4n) is 1.49. The van der Waals surface area contributed by atoms with Gasteiger partial charge in [-0.1, -0.05) is 28.1 Å². The Labute approximate surface area is 109 Å². The second-order valence-corrected chi connectivity index (χ2v) is 4.77. The van der Waals surface area contributed by atoms with Gasteiger partial charge in [-0.2, -0.15) is 0 Å². The standard InChI is InChI=1S/C14H13BrO2/c1-10(9-16)8-13-6-7-14(17-13)11-2-4-12(15)5-3-11/h2-8,16H,9H2,1H3. The lowest BCUT2D eigenvalue weighted by atomic mass is 10.2. The van der Waals surface area contributed by atoms with E-state index in [1.165, 1.54) is 0 Å². The zero-order chi connectivity index (χ0) is 12.3. The van der Waals surface area contributed by atoms with Gasteiger partial charge in [-0.15, -0.1) is 0 Å². The third-order valence-electron chi connectivity index (χ3n) is 2.39. The molecule has 0 aliphatic rings. The van der Waals surface area contributed by atoms with Crippen LogP contribution in [0.4, 0.5) is 0 Å². The van der Waals surface area contributed by atoms with Crippen LogP contribution in [0.25, 0.3) is 17.4 Å². The van der Waals surface area contributed by atoms with Gasteiger partial charge in [0.05, 0.1) is 6.61 Å². The highest BCUT2D eigenvalue weighted by Gasteiger charge is 2.03. The van der Waals surface area contributed by atoms with Crippen LogP contribution in [-0.4, -0.2) is 11.7 Å². The van der Waals surface area contributed by atoms with Gasteiger partial charge in [0.1, 0.15) is 11.5 Å². The molecule has 3 heteroatoms. The van der Waals surface area contributed by atoms with Crippen LogP contribution < -0.4 is 0 Å². The molecule has 0 bridgehead atoms. The normalized spacial score (nSPS) is 11.8. The molecule has 1 N–H and O–H groups in total. The summed E-state index contributed by atoms with van der Waals surface area (Å²) < 4.78 is 6.72. The van der Waals surface area contributed by atoms with E-state index in [0.717, 1.165) is 27.1 Å². The van der Waals surface area contributed by atoms with E-state index in [-0.39, 0.29) is 6.61 Å². The average Bonchev–Trinajstić information content (AvgIpc) is 2.78. The van der Waals surface area contributed by atoms with Crippen LogP contribution >= 0.6 is 15.9 Å². The molecule has 2 aromatic rings. The predicted molar refractivity (Wildman–Crippen MR) is 72.6 cm³/mol. The van der Waals surface area contributed by atoms with Gasteiger partial charge in [0.15, 0.2) is 0 Å². The molecule has 17 heavy (non-hydrogen) atoms. The molecule has 0 saturated heterocycles. The maximum absolute atomic E-state index is 8.94. The first-order chi connectivity index (χ1) is 8.19. The molecule has 0 spiro atoms. The lowest BCUT2D eigenvalue weighted by molar-refractivity contribution is 0.332. The van der Waals surface area contributed by atoms with Crippen molar-refractivity contribution < 1.29 is 9.52 Å². The van der Waals surface area contributed by atoms with Gasteiger partial charge >= 0.3 is 0 Å². The zero-order valence-electron chi connectivity index (χ0n) is 9.48. The number of rotatable bonds is 3. The molecule has 0 fully saturated rings. The highest BCUT2D eigenvalue weighted by molar-refractivity contribution is 9.10. The molecular formula is C14H13BrO2. The highest BCUT2D eigenvalue weighted by Crippen LogP contribution is 2.24. The minimum absolute atomic E-state index is 0.0499. The third kappa shape index (κ3) is 3.08. The second kappa shape index (κ2) is 5.34. The molecule has 0 amide bonds. The van der Waals surface area contributed by atoms with Crippen molar-refractivity contribution in [2.24, 2.45) is 0 Å². The molecule has 0 unspecified atom stereocenters. The lowest BCUT2D eigenvalue weighted by Crippen LogP contribution is -1.81. The SMILES string of the molecule is CC(=Cc1ccc(-c2ccc(Br)cc2)o1)CO. The summed E-state index contributed by atoms with van der Waals surface area (Å²) in [4.78, 5) is 0. The Kier molecular flexibility index (Phi) is 3.82. The van der Waals surface area contributed by atoms with E-state index in [1.807, 2.05) is 49.4 Å². The van der Waals surface area contributed by atoms with Gasteiger partial charge in [-0.25, -0.2) is 0 Å². The molecule has 2 nitrogen and oxygen atoms in total. The fraction of sp³-hybridized carbons (Fsp3) is 0.143.